The molecular weight excluding hydrogens is 284 g/mol. The van der Waals surface area contributed by atoms with E-state index in [9.17, 15) is 4.79 Å². The van der Waals surface area contributed by atoms with Crippen LogP contribution in [0, 0.1) is 40.9 Å². The molecule has 4 bridgehead atoms. The van der Waals surface area contributed by atoms with Gasteiger partial charge in [-0.15, -0.1) is 0 Å². The summed E-state index contributed by atoms with van der Waals surface area (Å²) < 4.78 is 6.37. The summed E-state index contributed by atoms with van der Waals surface area (Å²) in [5.74, 6) is 3.66. The molecule has 132 valence electrons. The molecule has 2 heteroatoms. The van der Waals surface area contributed by atoms with Gasteiger partial charge >= 0.3 is 5.97 Å². The maximum atomic E-state index is 13.1. The molecule has 4 rings (SSSR count). The topological polar surface area (TPSA) is 26.3 Å². The van der Waals surface area contributed by atoms with E-state index in [0.717, 1.165) is 18.3 Å². The standard InChI is InChI=1S/C21H36O2/c1-13(2)7-18(20(3,4)5)19(22)23-21(6)16-9-14-8-15(11-16)12-17(21)10-14/h13-18H,7-12H2,1-6H3/t14?,15?,16?,17?,18-,21?/m1/s1. The van der Waals surface area contributed by atoms with Gasteiger partial charge in [0, 0.05) is 0 Å². The predicted octanol–water partition coefficient (Wildman–Crippen LogP) is 5.45. The quantitative estimate of drug-likeness (QED) is 0.644. The van der Waals surface area contributed by atoms with Gasteiger partial charge in [-0.1, -0.05) is 34.6 Å². The summed E-state index contributed by atoms with van der Waals surface area (Å²) in [6.45, 7) is 13.2. The molecule has 0 saturated heterocycles. The van der Waals surface area contributed by atoms with Gasteiger partial charge in [-0.25, -0.2) is 0 Å². The van der Waals surface area contributed by atoms with Gasteiger partial charge in [0.2, 0.25) is 0 Å². The number of hydrogen-bond donors (Lipinski definition) is 0. The third kappa shape index (κ3) is 3.20. The van der Waals surface area contributed by atoms with Crippen LogP contribution in [0.1, 0.15) is 80.1 Å². The lowest BCUT2D eigenvalue weighted by Crippen LogP contribution is -2.58. The Morgan fingerprint density at radius 1 is 1.04 bits per heavy atom. The zero-order valence-electron chi connectivity index (χ0n) is 16.0. The molecule has 0 heterocycles. The van der Waals surface area contributed by atoms with Gasteiger partial charge in [0.25, 0.3) is 0 Å². The monoisotopic (exact) mass is 320 g/mol. The normalized spacial score (nSPS) is 40.5. The largest absolute Gasteiger partial charge is 0.459 e. The van der Waals surface area contributed by atoms with Crippen molar-refractivity contribution in [1.29, 1.82) is 0 Å². The van der Waals surface area contributed by atoms with E-state index in [2.05, 4.69) is 41.5 Å². The third-order valence-electron chi connectivity index (χ3n) is 7.12. The molecular formula is C21H36O2. The molecule has 0 N–H and O–H groups in total. The Balaban J connectivity index is 1.75. The molecule has 0 aromatic carbocycles. The molecule has 0 aliphatic heterocycles. The fraction of sp³-hybridized carbons (Fsp3) is 0.952. The molecule has 0 unspecified atom stereocenters. The molecule has 4 fully saturated rings. The van der Waals surface area contributed by atoms with E-state index in [-0.39, 0.29) is 22.9 Å². The summed E-state index contributed by atoms with van der Waals surface area (Å²) in [6.07, 6.45) is 7.54. The highest BCUT2D eigenvalue weighted by molar-refractivity contribution is 5.74. The molecule has 0 amide bonds. The van der Waals surface area contributed by atoms with Crippen molar-refractivity contribution in [3.8, 4) is 0 Å². The highest BCUT2D eigenvalue weighted by Gasteiger charge is 2.57. The van der Waals surface area contributed by atoms with Crippen molar-refractivity contribution in [2.75, 3.05) is 0 Å². The van der Waals surface area contributed by atoms with Gasteiger partial charge in [0.15, 0.2) is 0 Å². The van der Waals surface area contributed by atoms with E-state index in [0.29, 0.717) is 17.8 Å². The van der Waals surface area contributed by atoms with Crippen LogP contribution in [-0.2, 0) is 9.53 Å². The summed E-state index contributed by atoms with van der Waals surface area (Å²) in [7, 11) is 0. The number of rotatable bonds is 4. The smallest absolute Gasteiger partial charge is 0.310 e. The number of hydrogen-bond acceptors (Lipinski definition) is 2. The molecule has 0 spiro atoms. The minimum absolute atomic E-state index is 0.0107. The van der Waals surface area contributed by atoms with Crippen molar-refractivity contribution in [2.24, 2.45) is 40.9 Å². The van der Waals surface area contributed by atoms with Crippen molar-refractivity contribution in [3.63, 3.8) is 0 Å². The molecule has 23 heavy (non-hydrogen) atoms. The van der Waals surface area contributed by atoms with Crippen molar-refractivity contribution in [3.05, 3.63) is 0 Å². The van der Waals surface area contributed by atoms with Crippen LogP contribution >= 0.6 is 0 Å². The number of esters is 1. The maximum Gasteiger partial charge on any atom is 0.310 e. The molecule has 0 radical (unpaired) electrons. The SMILES string of the molecule is CC(C)C[C@H](C(=O)OC1(C)C2CC3CC(C2)CC1C3)C(C)(C)C. The number of carbonyl (C=O) groups excluding carboxylic acids is 1. The van der Waals surface area contributed by atoms with Crippen molar-refractivity contribution in [1.82, 2.24) is 0 Å². The second-order valence-corrected chi connectivity index (χ2v) is 10.5. The van der Waals surface area contributed by atoms with E-state index < -0.39 is 0 Å². The molecule has 4 aliphatic carbocycles. The minimum atomic E-state index is -0.190. The Morgan fingerprint density at radius 2 is 1.52 bits per heavy atom. The van der Waals surface area contributed by atoms with E-state index in [1.54, 1.807) is 0 Å². The zero-order valence-corrected chi connectivity index (χ0v) is 16.0. The fourth-order valence-electron chi connectivity index (χ4n) is 5.85. The van der Waals surface area contributed by atoms with Crippen LogP contribution in [0.3, 0.4) is 0 Å². The summed E-state index contributed by atoms with van der Waals surface area (Å²) in [5, 5.41) is 0. The van der Waals surface area contributed by atoms with Gasteiger partial charge < -0.3 is 4.74 Å². The van der Waals surface area contributed by atoms with Gasteiger partial charge in [-0.2, -0.15) is 0 Å². The van der Waals surface area contributed by atoms with Gasteiger partial charge in [-0.05, 0) is 80.5 Å². The lowest BCUT2D eigenvalue weighted by Gasteiger charge is -2.59. The zero-order chi connectivity index (χ0) is 17.0. The van der Waals surface area contributed by atoms with Gasteiger partial charge in [0.1, 0.15) is 5.60 Å². The first-order chi connectivity index (χ1) is 10.6. The molecule has 4 aliphatic rings. The van der Waals surface area contributed by atoms with E-state index in [1.165, 1.54) is 32.1 Å². The van der Waals surface area contributed by atoms with E-state index >= 15 is 0 Å². The highest BCUT2D eigenvalue weighted by atomic mass is 16.6. The first kappa shape index (κ1) is 17.3. The van der Waals surface area contributed by atoms with Crippen LogP contribution < -0.4 is 0 Å². The van der Waals surface area contributed by atoms with Crippen LogP contribution in [0.4, 0.5) is 0 Å². The first-order valence-corrected chi connectivity index (χ1v) is 9.82. The number of carbonyl (C=O) groups is 1. The van der Waals surface area contributed by atoms with Gasteiger partial charge in [0.05, 0.1) is 5.92 Å². The Hall–Kier alpha value is -0.530. The number of ether oxygens (including phenoxy) is 1. The Labute approximate surface area is 142 Å². The Morgan fingerprint density at radius 3 is 1.91 bits per heavy atom. The average molecular weight is 321 g/mol. The van der Waals surface area contributed by atoms with Crippen LogP contribution in [0.2, 0.25) is 0 Å². The lowest BCUT2D eigenvalue weighted by atomic mass is 9.50. The van der Waals surface area contributed by atoms with Crippen LogP contribution in [0.5, 0.6) is 0 Å². The minimum Gasteiger partial charge on any atom is -0.459 e. The lowest BCUT2D eigenvalue weighted by molar-refractivity contribution is -0.210. The molecule has 4 saturated carbocycles. The van der Waals surface area contributed by atoms with Crippen molar-refractivity contribution < 1.29 is 9.53 Å². The van der Waals surface area contributed by atoms with Crippen molar-refractivity contribution in [2.45, 2.75) is 85.7 Å². The predicted molar refractivity (Wildman–Crippen MR) is 93.9 cm³/mol. The Bertz CT molecular complexity index is 429. The third-order valence-corrected chi connectivity index (χ3v) is 7.12. The highest BCUT2D eigenvalue weighted by Crippen LogP contribution is 2.59. The second-order valence-electron chi connectivity index (χ2n) is 10.5. The van der Waals surface area contributed by atoms with E-state index in [1.807, 2.05) is 0 Å². The second kappa shape index (κ2) is 5.77. The molecule has 1 atom stereocenters. The fourth-order valence-corrected chi connectivity index (χ4v) is 5.85. The average Bonchev–Trinajstić information content (AvgIpc) is 2.40. The van der Waals surface area contributed by atoms with Crippen LogP contribution in [-0.4, -0.2) is 11.6 Å². The summed E-state index contributed by atoms with van der Waals surface area (Å²) >= 11 is 0. The summed E-state index contributed by atoms with van der Waals surface area (Å²) in [4.78, 5) is 13.1. The molecule has 0 aromatic rings. The summed E-state index contributed by atoms with van der Waals surface area (Å²) in [5.41, 5.74) is -0.214. The van der Waals surface area contributed by atoms with Crippen LogP contribution in [0.25, 0.3) is 0 Å². The molecule has 2 nitrogen and oxygen atoms in total. The van der Waals surface area contributed by atoms with Crippen molar-refractivity contribution >= 4 is 5.97 Å². The maximum absolute atomic E-state index is 13.1. The van der Waals surface area contributed by atoms with Crippen LogP contribution in [0.15, 0.2) is 0 Å². The van der Waals surface area contributed by atoms with E-state index in [4.69, 9.17) is 4.74 Å². The Kier molecular flexibility index (Phi) is 4.34. The first-order valence-electron chi connectivity index (χ1n) is 9.82. The molecule has 0 aromatic heterocycles. The van der Waals surface area contributed by atoms with Gasteiger partial charge in [-0.3, -0.25) is 4.79 Å². The summed E-state index contributed by atoms with van der Waals surface area (Å²) in [6, 6.07) is 0.